The van der Waals surface area contributed by atoms with Crippen LogP contribution >= 0.6 is 23.1 Å². The summed E-state index contributed by atoms with van der Waals surface area (Å²) in [4.78, 5) is 24.9. The van der Waals surface area contributed by atoms with Crippen molar-refractivity contribution in [3.8, 4) is 0 Å². The fourth-order valence-electron chi connectivity index (χ4n) is 2.11. The first-order valence-electron chi connectivity index (χ1n) is 6.69. The van der Waals surface area contributed by atoms with Crippen LogP contribution < -0.4 is 9.62 Å². The number of fused-ring (bicyclic) bond motifs is 1. The van der Waals surface area contributed by atoms with E-state index in [1.807, 2.05) is 6.26 Å². The number of hydrogen-bond donors (Lipinski definition) is 1. The van der Waals surface area contributed by atoms with Gasteiger partial charge in [-0.15, -0.1) is 11.3 Å². The number of hydrogen-bond acceptors (Lipinski definition) is 9. The molecule has 1 N–H and O–H groups in total. The molecule has 8 nitrogen and oxygen atoms in total. The van der Waals surface area contributed by atoms with Gasteiger partial charge in [0.1, 0.15) is 10.7 Å². The van der Waals surface area contributed by atoms with Gasteiger partial charge < -0.3 is 5.32 Å². The van der Waals surface area contributed by atoms with Gasteiger partial charge in [-0.05, 0) is 24.6 Å². The lowest BCUT2D eigenvalue weighted by Gasteiger charge is -2.25. The number of sulfonamides is 1. The number of rotatable bonds is 3. The Bertz CT molecular complexity index is 952. The van der Waals surface area contributed by atoms with E-state index < -0.39 is 15.8 Å². The Morgan fingerprint density at radius 1 is 1.33 bits per heavy atom. The van der Waals surface area contributed by atoms with Crippen molar-refractivity contribution in [3.63, 3.8) is 0 Å². The molecule has 0 unspecified atom stereocenters. The van der Waals surface area contributed by atoms with Gasteiger partial charge in [-0.3, -0.25) is 9.10 Å². The number of nitrogens with one attached hydrogen (secondary N) is 1. The van der Waals surface area contributed by atoms with Crippen molar-refractivity contribution in [3.05, 3.63) is 33.3 Å². The predicted octanol–water partition coefficient (Wildman–Crippen LogP) is 1.88. The third-order valence-corrected chi connectivity index (χ3v) is 6.52. The van der Waals surface area contributed by atoms with Crippen molar-refractivity contribution in [1.29, 1.82) is 0 Å². The molecule has 0 saturated heterocycles. The van der Waals surface area contributed by atoms with Crippen LogP contribution in [-0.4, -0.2) is 42.5 Å². The summed E-state index contributed by atoms with van der Waals surface area (Å²) >= 11 is 2.54. The van der Waals surface area contributed by atoms with E-state index in [9.17, 15) is 13.2 Å². The zero-order valence-electron chi connectivity index (χ0n) is 13.0. The van der Waals surface area contributed by atoms with Gasteiger partial charge >= 0.3 is 0 Å². The van der Waals surface area contributed by atoms with E-state index in [4.69, 9.17) is 0 Å². The molecule has 24 heavy (non-hydrogen) atoms. The number of carbonyl (C=O) groups excluding carboxylic acids is 1. The molecule has 11 heteroatoms. The highest BCUT2D eigenvalue weighted by molar-refractivity contribution is 7.98. The van der Waals surface area contributed by atoms with Gasteiger partial charge in [-0.1, -0.05) is 11.8 Å². The third-order valence-electron chi connectivity index (χ3n) is 3.29. The van der Waals surface area contributed by atoms with Crippen molar-refractivity contribution in [2.24, 2.45) is 0 Å². The second-order valence-corrected chi connectivity index (χ2v) is 8.41. The number of nitrogens with zero attached hydrogens (tertiary/aromatic N) is 4. The molecule has 2 aromatic heterocycles. The first kappa shape index (κ1) is 16.9. The number of thiophene rings is 1. The minimum Gasteiger partial charge on any atom is -0.329 e. The molecular formula is C13H13N5O3S3. The van der Waals surface area contributed by atoms with E-state index in [-0.39, 0.29) is 10.9 Å². The summed E-state index contributed by atoms with van der Waals surface area (Å²) in [5.41, 5.74) is 0.392. The van der Waals surface area contributed by atoms with Gasteiger partial charge in [0.2, 0.25) is 11.7 Å². The third kappa shape index (κ3) is 2.78. The first-order chi connectivity index (χ1) is 11.3. The number of ketones is 1. The van der Waals surface area contributed by atoms with E-state index in [0.717, 1.165) is 10.5 Å². The maximum Gasteiger partial charge on any atom is 0.269 e. The van der Waals surface area contributed by atoms with Gasteiger partial charge in [-0.2, -0.15) is 9.97 Å². The van der Waals surface area contributed by atoms with Crippen LogP contribution in [0.25, 0.3) is 0 Å². The van der Waals surface area contributed by atoms with Crippen molar-refractivity contribution in [2.75, 3.05) is 22.9 Å². The van der Waals surface area contributed by atoms with Gasteiger partial charge in [0, 0.05) is 13.2 Å². The van der Waals surface area contributed by atoms with Crippen LogP contribution in [0.4, 0.5) is 11.6 Å². The lowest BCUT2D eigenvalue weighted by molar-refractivity contribution is 0.104. The molecule has 0 amide bonds. The van der Waals surface area contributed by atoms with Crippen LogP contribution in [0, 0.1) is 6.92 Å². The van der Waals surface area contributed by atoms with E-state index >= 15 is 0 Å². The van der Waals surface area contributed by atoms with E-state index in [1.165, 1.54) is 30.1 Å². The molecule has 126 valence electrons. The number of aromatic nitrogens is 3. The largest absolute Gasteiger partial charge is 0.329 e. The zero-order valence-corrected chi connectivity index (χ0v) is 15.4. The first-order valence-corrected chi connectivity index (χ1v) is 10.2. The summed E-state index contributed by atoms with van der Waals surface area (Å²) in [6.07, 6.45) is 2.95. The van der Waals surface area contributed by atoms with Gasteiger partial charge in [0.15, 0.2) is 10.1 Å². The minimum atomic E-state index is -3.92. The molecular weight excluding hydrogens is 370 g/mol. The molecule has 0 saturated carbocycles. The van der Waals surface area contributed by atoms with E-state index in [1.54, 1.807) is 18.4 Å². The topological polar surface area (TPSA) is 105 Å². The van der Waals surface area contributed by atoms with Gasteiger partial charge in [-0.25, -0.2) is 13.4 Å². The molecule has 2 aromatic rings. The molecule has 0 atom stereocenters. The average molecular weight is 383 g/mol. The molecule has 0 aromatic carbocycles. The lowest BCUT2D eigenvalue weighted by atomic mass is 10.2. The molecule has 1 aliphatic heterocycles. The number of aryl methyl sites for hydroxylation is 1. The number of anilines is 2. The quantitative estimate of drug-likeness (QED) is 0.633. The Labute approximate surface area is 147 Å². The highest BCUT2D eigenvalue weighted by Gasteiger charge is 2.39. The summed E-state index contributed by atoms with van der Waals surface area (Å²) < 4.78 is 26.2. The Kier molecular flexibility index (Phi) is 4.32. The van der Waals surface area contributed by atoms with Crippen LogP contribution in [0.3, 0.4) is 0 Å². The van der Waals surface area contributed by atoms with Crippen LogP contribution in [-0.2, 0) is 10.0 Å². The molecule has 0 spiro atoms. The minimum absolute atomic E-state index is 0.182. The molecule has 0 radical (unpaired) electrons. The second-order valence-electron chi connectivity index (χ2n) is 4.78. The second kappa shape index (κ2) is 6.15. The fraction of sp³-hybridized carbons (Fsp3) is 0.231. The smallest absolute Gasteiger partial charge is 0.269 e. The summed E-state index contributed by atoms with van der Waals surface area (Å²) in [7, 11) is -2.50. The fourth-order valence-corrected chi connectivity index (χ4v) is 4.76. The number of Topliss-reactive ketones (excluding diaryl/α,β-unsaturated/α-hetero) is 1. The van der Waals surface area contributed by atoms with Crippen molar-refractivity contribution in [1.82, 2.24) is 15.0 Å². The van der Waals surface area contributed by atoms with E-state index in [0.29, 0.717) is 21.5 Å². The molecule has 0 bridgehead atoms. The summed E-state index contributed by atoms with van der Waals surface area (Å²) in [6.45, 7) is 1.70. The van der Waals surface area contributed by atoms with Gasteiger partial charge in [0.05, 0.1) is 5.69 Å². The van der Waals surface area contributed by atoms with Crippen LogP contribution in [0.15, 0.2) is 27.7 Å². The standard InChI is InChI=1S/C13H13N5O3S3/c1-7-15-12(17-13(16-7)22-3)14-6-9-10(19)11-8(4-5-23-11)18(2)24(9,20)21/h4-6H,1-3H3,(H,14,15,16,17)/b9-6-. The molecule has 3 heterocycles. The Morgan fingerprint density at radius 3 is 2.79 bits per heavy atom. The van der Waals surface area contributed by atoms with Crippen molar-refractivity contribution in [2.45, 2.75) is 12.1 Å². The molecule has 0 aliphatic carbocycles. The summed E-state index contributed by atoms with van der Waals surface area (Å²) in [5, 5.41) is 4.88. The molecule has 3 rings (SSSR count). The van der Waals surface area contributed by atoms with Crippen LogP contribution in [0.2, 0.25) is 0 Å². The van der Waals surface area contributed by atoms with Gasteiger partial charge in [0.25, 0.3) is 10.0 Å². The molecule has 1 aliphatic rings. The van der Waals surface area contributed by atoms with Crippen LogP contribution in [0.1, 0.15) is 15.5 Å². The number of allylic oxidation sites excluding steroid dienone is 1. The van der Waals surface area contributed by atoms with Crippen molar-refractivity contribution >= 4 is 50.5 Å². The number of thioether (sulfide) groups is 1. The zero-order chi connectivity index (χ0) is 17.5. The van der Waals surface area contributed by atoms with Crippen LogP contribution in [0.5, 0.6) is 0 Å². The summed E-state index contributed by atoms with van der Waals surface area (Å²) in [5.74, 6) is 0.134. The Hall–Kier alpha value is -1.98. The SMILES string of the molecule is CSc1nc(C)nc(N/C=C2/C(=O)c3sccc3N(C)S2(=O)=O)n1. The number of carbonyl (C=O) groups is 1. The Morgan fingerprint density at radius 2 is 2.08 bits per heavy atom. The maximum absolute atomic E-state index is 12.5. The summed E-state index contributed by atoms with van der Waals surface area (Å²) in [6, 6.07) is 1.61. The predicted molar refractivity (Wildman–Crippen MR) is 94.0 cm³/mol. The highest BCUT2D eigenvalue weighted by atomic mass is 32.2. The lowest BCUT2D eigenvalue weighted by Crippen LogP contribution is -2.35. The van der Waals surface area contributed by atoms with Crippen molar-refractivity contribution < 1.29 is 13.2 Å². The highest BCUT2D eigenvalue weighted by Crippen LogP contribution is 2.37. The average Bonchev–Trinajstić information content (AvgIpc) is 3.02. The monoisotopic (exact) mass is 383 g/mol. The Balaban J connectivity index is 2.01. The molecule has 0 fully saturated rings. The normalized spacial score (nSPS) is 17.9. The van der Waals surface area contributed by atoms with E-state index in [2.05, 4.69) is 20.3 Å². The maximum atomic E-state index is 12.5.